The maximum Gasteiger partial charge on any atom is 0.338 e. The molecule has 0 fully saturated rings. The Balaban J connectivity index is 1.65. The number of aromatic nitrogens is 3. The van der Waals surface area contributed by atoms with Crippen LogP contribution in [0.4, 0.5) is 5.95 Å². The molecule has 2 aromatic carbocycles. The maximum absolute atomic E-state index is 12.5. The number of nitrogens with zero attached hydrogens (tertiary/aromatic N) is 3. The van der Waals surface area contributed by atoms with Crippen molar-refractivity contribution in [3.63, 3.8) is 0 Å². The third-order valence-corrected chi connectivity index (χ3v) is 4.94. The molecule has 1 atom stereocenters. The van der Waals surface area contributed by atoms with E-state index in [-0.39, 0.29) is 0 Å². The lowest BCUT2D eigenvalue weighted by atomic mass is 9.95. The number of carbonyl (C=O) groups excluding carboxylic acids is 1. The van der Waals surface area contributed by atoms with Crippen molar-refractivity contribution < 1.29 is 14.3 Å². The standard InChI is InChI=1S/C21H19ClN4O3/c1-13-18(20(27)28-2)19(26-21(25-13)23-12-24-26)15-4-3-5-17(10-15)29-11-14-6-8-16(22)9-7-14/h3-10,12,19H,11H2,1-2H3,(H,23,24,25). The Labute approximate surface area is 172 Å². The summed E-state index contributed by atoms with van der Waals surface area (Å²) in [4.78, 5) is 16.7. The Morgan fingerprint density at radius 3 is 2.79 bits per heavy atom. The number of nitrogens with one attached hydrogen (secondary N) is 1. The topological polar surface area (TPSA) is 78.3 Å². The molecule has 3 aromatic rings. The fourth-order valence-corrected chi connectivity index (χ4v) is 3.42. The number of carbonyl (C=O) groups is 1. The van der Waals surface area contributed by atoms with Gasteiger partial charge < -0.3 is 14.8 Å². The van der Waals surface area contributed by atoms with E-state index in [1.807, 2.05) is 55.5 Å². The number of hydrogen-bond donors (Lipinski definition) is 1. The molecule has 0 radical (unpaired) electrons. The first-order valence-corrected chi connectivity index (χ1v) is 9.37. The largest absolute Gasteiger partial charge is 0.489 e. The van der Waals surface area contributed by atoms with E-state index >= 15 is 0 Å². The Morgan fingerprint density at radius 2 is 2.03 bits per heavy atom. The zero-order valence-corrected chi connectivity index (χ0v) is 16.7. The van der Waals surface area contributed by atoms with Crippen molar-refractivity contribution in [2.75, 3.05) is 12.4 Å². The van der Waals surface area contributed by atoms with Gasteiger partial charge in [-0.15, -0.1) is 0 Å². The van der Waals surface area contributed by atoms with Gasteiger partial charge in [-0.25, -0.2) is 9.48 Å². The normalized spacial score (nSPS) is 15.5. The maximum atomic E-state index is 12.5. The van der Waals surface area contributed by atoms with E-state index in [0.717, 1.165) is 11.1 Å². The van der Waals surface area contributed by atoms with Gasteiger partial charge in [0.2, 0.25) is 5.95 Å². The Kier molecular flexibility index (Phi) is 5.22. The van der Waals surface area contributed by atoms with Crippen molar-refractivity contribution in [2.45, 2.75) is 19.6 Å². The molecule has 148 valence electrons. The van der Waals surface area contributed by atoms with Crippen LogP contribution in [-0.2, 0) is 16.1 Å². The molecule has 7 nitrogen and oxygen atoms in total. The molecular weight excluding hydrogens is 392 g/mol. The van der Waals surface area contributed by atoms with E-state index in [2.05, 4.69) is 15.4 Å². The average Bonchev–Trinajstić information content (AvgIpc) is 3.20. The first kappa shape index (κ1) is 19.0. The minimum absolute atomic E-state index is 0.403. The predicted molar refractivity (Wildman–Crippen MR) is 109 cm³/mol. The van der Waals surface area contributed by atoms with Gasteiger partial charge in [-0.05, 0) is 42.3 Å². The zero-order chi connectivity index (χ0) is 20.4. The minimum Gasteiger partial charge on any atom is -0.489 e. The van der Waals surface area contributed by atoms with E-state index in [0.29, 0.717) is 34.6 Å². The van der Waals surface area contributed by atoms with Gasteiger partial charge in [-0.3, -0.25) is 0 Å². The van der Waals surface area contributed by atoms with Gasteiger partial charge in [-0.1, -0.05) is 35.9 Å². The first-order valence-electron chi connectivity index (χ1n) is 8.99. The average molecular weight is 411 g/mol. The number of allylic oxidation sites excluding steroid dienone is 1. The number of anilines is 1. The molecule has 0 saturated heterocycles. The lowest BCUT2D eigenvalue weighted by molar-refractivity contribution is -0.136. The van der Waals surface area contributed by atoms with E-state index < -0.39 is 12.0 Å². The predicted octanol–water partition coefficient (Wildman–Crippen LogP) is 3.97. The number of rotatable bonds is 5. The third-order valence-electron chi connectivity index (χ3n) is 4.69. The molecule has 1 aliphatic heterocycles. The summed E-state index contributed by atoms with van der Waals surface area (Å²) in [6.07, 6.45) is 1.45. The van der Waals surface area contributed by atoms with E-state index in [1.54, 1.807) is 4.68 Å². The number of halogens is 1. The number of ether oxygens (including phenoxy) is 2. The van der Waals surface area contributed by atoms with E-state index in [1.165, 1.54) is 13.4 Å². The fraction of sp³-hybridized carbons (Fsp3) is 0.190. The van der Waals surface area contributed by atoms with Gasteiger partial charge in [0.25, 0.3) is 0 Å². The Hall–Kier alpha value is -3.32. The molecule has 1 aliphatic rings. The second kappa shape index (κ2) is 7.97. The monoisotopic (exact) mass is 410 g/mol. The van der Waals surface area contributed by atoms with Crippen LogP contribution in [0.15, 0.2) is 66.1 Å². The minimum atomic E-state index is -0.472. The number of fused-ring (bicyclic) bond motifs is 1. The molecule has 0 bridgehead atoms. The summed E-state index contributed by atoms with van der Waals surface area (Å²) >= 11 is 5.93. The fourth-order valence-electron chi connectivity index (χ4n) is 3.30. The van der Waals surface area contributed by atoms with Gasteiger partial charge in [0.1, 0.15) is 24.7 Å². The number of hydrogen-bond acceptors (Lipinski definition) is 6. The number of benzene rings is 2. The van der Waals surface area contributed by atoms with Crippen LogP contribution in [0.2, 0.25) is 5.02 Å². The SMILES string of the molecule is COC(=O)C1=C(C)Nc2ncnn2C1c1cccc(OCc2ccc(Cl)cc2)c1. The molecule has 2 heterocycles. The molecular formula is C21H19ClN4O3. The second-order valence-corrected chi connectivity index (χ2v) is 7.01. The van der Waals surface area contributed by atoms with Crippen LogP contribution in [0, 0.1) is 0 Å². The molecule has 0 spiro atoms. The van der Waals surface area contributed by atoms with Crippen LogP contribution in [0.1, 0.15) is 24.1 Å². The summed E-state index contributed by atoms with van der Waals surface area (Å²) in [5.41, 5.74) is 2.99. The van der Waals surface area contributed by atoms with Gasteiger partial charge >= 0.3 is 5.97 Å². The number of methoxy groups -OCH3 is 1. The van der Waals surface area contributed by atoms with Gasteiger partial charge in [-0.2, -0.15) is 10.1 Å². The second-order valence-electron chi connectivity index (χ2n) is 6.57. The summed E-state index contributed by atoms with van der Waals surface area (Å²) in [5, 5.41) is 8.08. The molecule has 0 aliphatic carbocycles. The van der Waals surface area contributed by atoms with Gasteiger partial charge in [0, 0.05) is 10.7 Å². The summed E-state index contributed by atoms with van der Waals surface area (Å²) in [5.74, 6) is 0.820. The van der Waals surface area contributed by atoms with Crippen LogP contribution < -0.4 is 10.1 Å². The quantitative estimate of drug-likeness (QED) is 0.641. The molecule has 1 N–H and O–H groups in total. The Morgan fingerprint density at radius 1 is 1.24 bits per heavy atom. The number of esters is 1. The lowest BCUT2D eigenvalue weighted by Gasteiger charge is -2.28. The van der Waals surface area contributed by atoms with Crippen molar-refractivity contribution in [1.82, 2.24) is 14.8 Å². The summed E-state index contributed by atoms with van der Waals surface area (Å²) < 4.78 is 12.6. The van der Waals surface area contributed by atoms with Gasteiger partial charge in [0.05, 0.1) is 12.7 Å². The molecule has 1 aromatic heterocycles. The van der Waals surface area contributed by atoms with Gasteiger partial charge in [0.15, 0.2) is 0 Å². The highest BCUT2D eigenvalue weighted by molar-refractivity contribution is 6.30. The molecule has 8 heteroatoms. The van der Waals surface area contributed by atoms with Crippen molar-refractivity contribution >= 4 is 23.5 Å². The van der Waals surface area contributed by atoms with E-state index in [9.17, 15) is 4.79 Å². The summed E-state index contributed by atoms with van der Waals surface area (Å²) in [7, 11) is 1.36. The molecule has 29 heavy (non-hydrogen) atoms. The molecule has 0 amide bonds. The Bertz CT molecular complexity index is 1080. The van der Waals surface area contributed by atoms with Crippen LogP contribution in [0.3, 0.4) is 0 Å². The first-order chi connectivity index (χ1) is 14.1. The molecule has 0 saturated carbocycles. The van der Waals surface area contributed by atoms with Crippen molar-refractivity contribution in [3.05, 3.63) is 82.3 Å². The van der Waals surface area contributed by atoms with Crippen LogP contribution in [-0.4, -0.2) is 27.8 Å². The smallest absolute Gasteiger partial charge is 0.338 e. The highest BCUT2D eigenvalue weighted by Gasteiger charge is 2.34. The van der Waals surface area contributed by atoms with Crippen LogP contribution in [0.5, 0.6) is 5.75 Å². The van der Waals surface area contributed by atoms with Crippen molar-refractivity contribution in [1.29, 1.82) is 0 Å². The summed E-state index contributed by atoms with van der Waals surface area (Å²) in [6.45, 7) is 2.22. The van der Waals surface area contributed by atoms with Crippen LogP contribution in [0.25, 0.3) is 0 Å². The molecule has 1 unspecified atom stereocenters. The van der Waals surface area contributed by atoms with Crippen molar-refractivity contribution in [2.24, 2.45) is 0 Å². The van der Waals surface area contributed by atoms with E-state index in [4.69, 9.17) is 21.1 Å². The third kappa shape index (κ3) is 3.82. The highest BCUT2D eigenvalue weighted by atomic mass is 35.5. The lowest BCUT2D eigenvalue weighted by Crippen LogP contribution is -2.29. The highest BCUT2D eigenvalue weighted by Crippen LogP contribution is 2.36. The van der Waals surface area contributed by atoms with Crippen molar-refractivity contribution in [3.8, 4) is 5.75 Å². The zero-order valence-electron chi connectivity index (χ0n) is 15.9. The molecule has 4 rings (SSSR count). The summed E-state index contributed by atoms with van der Waals surface area (Å²) in [6, 6.07) is 14.6. The van der Waals surface area contributed by atoms with Crippen LogP contribution >= 0.6 is 11.6 Å².